The van der Waals surface area contributed by atoms with Gasteiger partial charge in [0.2, 0.25) is 0 Å². The Balaban J connectivity index is 1.87. The molecule has 1 aromatic carbocycles. The van der Waals surface area contributed by atoms with Gasteiger partial charge in [0.1, 0.15) is 5.75 Å². The first-order valence-electron chi connectivity index (χ1n) is 6.97. The largest absolute Gasteiger partial charge is 0.508 e. The van der Waals surface area contributed by atoms with Gasteiger partial charge in [-0.25, -0.2) is 0 Å². The third-order valence-electron chi connectivity index (χ3n) is 3.91. The third kappa shape index (κ3) is 2.18. The lowest BCUT2D eigenvalue weighted by molar-refractivity contribution is 0.469. The monoisotopic (exact) mass is 270 g/mol. The fraction of sp³-hybridized carbons (Fsp3) is 0.312. The number of aromatic nitrogens is 1. The predicted molar refractivity (Wildman–Crippen MR) is 79.2 cm³/mol. The first-order valence-corrected chi connectivity index (χ1v) is 6.97. The average molecular weight is 270 g/mol. The molecule has 3 rings (SSSR count). The molecule has 1 aliphatic carbocycles. The van der Waals surface area contributed by atoms with E-state index in [4.69, 9.17) is 0 Å². The van der Waals surface area contributed by atoms with Gasteiger partial charge in [-0.3, -0.25) is 4.79 Å². The quantitative estimate of drug-likeness (QED) is 0.901. The molecule has 0 saturated heterocycles. The van der Waals surface area contributed by atoms with E-state index in [-0.39, 0.29) is 11.6 Å². The van der Waals surface area contributed by atoms with E-state index in [1.165, 1.54) is 0 Å². The Kier molecular flexibility index (Phi) is 3.22. The smallest absolute Gasteiger partial charge is 0.250 e. The number of phenols is 1. The molecule has 0 bridgehead atoms. The number of hydrogen-bond donors (Lipinski definition) is 2. The minimum Gasteiger partial charge on any atom is -0.508 e. The highest BCUT2D eigenvalue weighted by Crippen LogP contribution is 2.37. The van der Waals surface area contributed by atoms with Gasteiger partial charge < -0.3 is 15.0 Å². The van der Waals surface area contributed by atoms with E-state index >= 15 is 0 Å². The SMILES string of the molecule is CCn1cc(NC2CCc3c(O)cccc32)ccc1=O. The highest BCUT2D eigenvalue weighted by molar-refractivity contribution is 5.50. The number of nitrogens with zero attached hydrogens (tertiary/aromatic N) is 1. The highest BCUT2D eigenvalue weighted by Gasteiger charge is 2.24. The summed E-state index contributed by atoms with van der Waals surface area (Å²) >= 11 is 0. The summed E-state index contributed by atoms with van der Waals surface area (Å²) in [6, 6.07) is 9.26. The summed E-state index contributed by atoms with van der Waals surface area (Å²) < 4.78 is 1.68. The number of phenolic OH excluding ortho intramolecular Hbond substituents is 1. The maximum absolute atomic E-state index is 11.6. The van der Waals surface area contributed by atoms with Gasteiger partial charge in [-0.2, -0.15) is 0 Å². The minimum atomic E-state index is 0.0162. The van der Waals surface area contributed by atoms with Crippen molar-refractivity contribution in [1.29, 1.82) is 0 Å². The molecule has 20 heavy (non-hydrogen) atoms. The number of hydrogen-bond acceptors (Lipinski definition) is 3. The van der Waals surface area contributed by atoms with Gasteiger partial charge in [0.15, 0.2) is 0 Å². The van der Waals surface area contributed by atoms with Crippen LogP contribution in [0.5, 0.6) is 5.75 Å². The summed E-state index contributed by atoms with van der Waals surface area (Å²) in [6.45, 7) is 2.62. The Hall–Kier alpha value is -2.23. The van der Waals surface area contributed by atoms with E-state index in [1.54, 1.807) is 16.7 Å². The van der Waals surface area contributed by atoms with Crippen molar-refractivity contribution in [2.24, 2.45) is 0 Å². The summed E-state index contributed by atoms with van der Waals surface area (Å²) in [4.78, 5) is 11.6. The molecule has 1 aliphatic rings. The zero-order valence-electron chi connectivity index (χ0n) is 11.5. The highest BCUT2D eigenvalue weighted by atomic mass is 16.3. The Labute approximate surface area is 117 Å². The molecule has 0 amide bonds. The van der Waals surface area contributed by atoms with Crippen LogP contribution < -0.4 is 10.9 Å². The third-order valence-corrected chi connectivity index (χ3v) is 3.91. The van der Waals surface area contributed by atoms with Gasteiger partial charge in [-0.05, 0) is 43.0 Å². The molecule has 0 fully saturated rings. The fourth-order valence-corrected chi connectivity index (χ4v) is 2.85. The summed E-state index contributed by atoms with van der Waals surface area (Å²) in [5.41, 5.74) is 3.14. The van der Waals surface area contributed by atoms with Gasteiger partial charge in [0.25, 0.3) is 5.56 Å². The van der Waals surface area contributed by atoms with Gasteiger partial charge in [0.05, 0.1) is 11.7 Å². The molecule has 4 nitrogen and oxygen atoms in total. The number of fused-ring (bicyclic) bond motifs is 1. The van der Waals surface area contributed by atoms with E-state index in [1.807, 2.05) is 25.3 Å². The molecule has 1 heterocycles. The van der Waals surface area contributed by atoms with Crippen LogP contribution in [-0.4, -0.2) is 9.67 Å². The number of anilines is 1. The second kappa shape index (κ2) is 5.04. The normalized spacial score (nSPS) is 16.9. The van der Waals surface area contributed by atoms with Crippen molar-refractivity contribution >= 4 is 5.69 Å². The summed E-state index contributed by atoms with van der Waals surface area (Å²) in [6.07, 6.45) is 3.69. The van der Waals surface area contributed by atoms with Crippen molar-refractivity contribution in [2.45, 2.75) is 32.4 Å². The van der Waals surface area contributed by atoms with Crippen LogP contribution in [0.25, 0.3) is 0 Å². The fourth-order valence-electron chi connectivity index (χ4n) is 2.85. The van der Waals surface area contributed by atoms with Crippen LogP contribution >= 0.6 is 0 Å². The van der Waals surface area contributed by atoms with Crippen LogP contribution in [0.4, 0.5) is 5.69 Å². The van der Waals surface area contributed by atoms with Crippen LogP contribution in [-0.2, 0) is 13.0 Å². The molecule has 0 saturated carbocycles. The van der Waals surface area contributed by atoms with Crippen molar-refractivity contribution in [1.82, 2.24) is 4.57 Å². The Morgan fingerprint density at radius 3 is 3.00 bits per heavy atom. The molecular weight excluding hydrogens is 252 g/mol. The van der Waals surface area contributed by atoms with E-state index < -0.39 is 0 Å². The zero-order valence-corrected chi connectivity index (χ0v) is 11.5. The second-order valence-electron chi connectivity index (χ2n) is 5.12. The molecule has 0 radical (unpaired) electrons. The van der Waals surface area contributed by atoms with Crippen LogP contribution in [0.3, 0.4) is 0 Å². The van der Waals surface area contributed by atoms with E-state index in [0.29, 0.717) is 12.3 Å². The zero-order chi connectivity index (χ0) is 14.1. The van der Waals surface area contributed by atoms with Crippen molar-refractivity contribution < 1.29 is 5.11 Å². The number of nitrogens with one attached hydrogen (secondary N) is 1. The van der Waals surface area contributed by atoms with Gasteiger partial charge >= 0.3 is 0 Å². The predicted octanol–water partition coefficient (Wildman–Crippen LogP) is 2.67. The standard InChI is InChI=1S/C16H18N2O2/c1-2-18-10-11(6-9-16(18)20)17-14-8-7-13-12(14)4-3-5-15(13)19/h3-6,9-10,14,17,19H,2,7-8H2,1H3. The molecule has 1 unspecified atom stereocenters. The molecule has 0 aliphatic heterocycles. The lowest BCUT2D eigenvalue weighted by Crippen LogP contribution is -2.18. The van der Waals surface area contributed by atoms with Crippen molar-refractivity contribution in [3.8, 4) is 5.75 Å². The molecule has 104 valence electrons. The minimum absolute atomic E-state index is 0.0162. The topological polar surface area (TPSA) is 54.3 Å². The van der Waals surface area contributed by atoms with Crippen LogP contribution in [0.1, 0.15) is 30.5 Å². The molecule has 1 atom stereocenters. The molecule has 0 spiro atoms. The Morgan fingerprint density at radius 2 is 2.20 bits per heavy atom. The number of rotatable bonds is 3. The summed E-state index contributed by atoms with van der Waals surface area (Å²) in [7, 11) is 0. The first-order chi connectivity index (χ1) is 9.69. The molecule has 4 heteroatoms. The lowest BCUT2D eigenvalue weighted by Gasteiger charge is -2.16. The average Bonchev–Trinajstić information content (AvgIpc) is 2.86. The van der Waals surface area contributed by atoms with Crippen LogP contribution in [0.2, 0.25) is 0 Å². The molecule has 2 aromatic rings. The molecule has 2 N–H and O–H groups in total. The first kappa shape index (κ1) is 12.8. The van der Waals surface area contributed by atoms with Gasteiger partial charge in [-0.1, -0.05) is 12.1 Å². The van der Waals surface area contributed by atoms with E-state index in [9.17, 15) is 9.90 Å². The summed E-state index contributed by atoms with van der Waals surface area (Å²) in [5, 5.41) is 13.3. The lowest BCUT2D eigenvalue weighted by atomic mass is 10.1. The molecular formula is C16H18N2O2. The maximum Gasteiger partial charge on any atom is 0.250 e. The van der Waals surface area contributed by atoms with E-state index in [0.717, 1.165) is 29.7 Å². The van der Waals surface area contributed by atoms with Crippen LogP contribution in [0.15, 0.2) is 41.3 Å². The Morgan fingerprint density at radius 1 is 1.35 bits per heavy atom. The number of pyridine rings is 1. The van der Waals surface area contributed by atoms with Gasteiger partial charge in [-0.15, -0.1) is 0 Å². The second-order valence-corrected chi connectivity index (χ2v) is 5.12. The Bertz CT molecular complexity index is 691. The van der Waals surface area contributed by atoms with Crippen molar-refractivity contribution in [2.75, 3.05) is 5.32 Å². The van der Waals surface area contributed by atoms with Crippen molar-refractivity contribution in [3.63, 3.8) is 0 Å². The summed E-state index contributed by atoms with van der Waals surface area (Å²) in [5.74, 6) is 0.380. The number of aryl methyl sites for hydroxylation is 1. The van der Waals surface area contributed by atoms with Crippen LogP contribution in [0, 0.1) is 0 Å². The van der Waals surface area contributed by atoms with E-state index in [2.05, 4.69) is 11.4 Å². The number of aromatic hydroxyl groups is 1. The number of benzene rings is 1. The molecule has 1 aromatic heterocycles. The maximum atomic E-state index is 11.6. The van der Waals surface area contributed by atoms with Gasteiger partial charge in [0, 0.05) is 18.8 Å². The van der Waals surface area contributed by atoms with Crippen molar-refractivity contribution in [3.05, 3.63) is 58.0 Å².